The van der Waals surface area contributed by atoms with Crippen LogP contribution in [0, 0.1) is 11.8 Å². The monoisotopic (exact) mass is 287 g/mol. The molecule has 3 rings (SSSR count). The molecule has 2 heterocycles. The molecule has 0 spiro atoms. The predicted octanol–water partition coefficient (Wildman–Crippen LogP) is 0.547. The summed E-state index contributed by atoms with van der Waals surface area (Å²) in [6.45, 7) is 4.86. The number of carbonyl (C=O) groups excluding carboxylic acids is 2. The number of carbonyl (C=O) groups is 2. The van der Waals surface area contributed by atoms with Crippen LogP contribution in [0.3, 0.4) is 0 Å². The third-order valence-corrected chi connectivity index (χ3v) is 4.49. The highest BCUT2D eigenvalue weighted by atomic mass is 16.2. The molecule has 0 bridgehead atoms. The number of para-hydroxylation sites is 1. The Hall–Kier alpha value is -1.88. The fourth-order valence-corrected chi connectivity index (χ4v) is 2.89. The molecule has 5 nitrogen and oxygen atoms in total. The fourth-order valence-electron chi connectivity index (χ4n) is 2.89. The van der Waals surface area contributed by atoms with E-state index in [9.17, 15) is 9.59 Å². The third kappa shape index (κ3) is 2.78. The first-order valence-electron chi connectivity index (χ1n) is 7.53. The van der Waals surface area contributed by atoms with E-state index in [1.807, 2.05) is 31.2 Å². The number of nitrogens with zero attached hydrogens (tertiary/aromatic N) is 1. The Morgan fingerprint density at radius 2 is 2.19 bits per heavy atom. The van der Waals surface area contributed by atoms with E-state index in [4.69, 9.17) is 0 Å². The van der Waals surface area contributed by atoms with Crippen LogP contribution in [0.5, 0.6) is 0 Å². The number of fused-ring (bicyclic) bond motifs is 1. The van der Waals surface area contributed by atoms with Crippen LogP contribution in [-0.2, 0) is 16.0 Å². The van der Waals surface area contributed by atoms with Crippen molar-refractivity contribution in [2.24, 2.45) is 11.8 Å². The molecule has 0 radical (unpaired) electrons. The molecule has 0 saturated carbocycles. The van der Waals surface area contributed by atoms with Crippen molar-refractivity contribution < 1.29 is 9.59 Å². The van der Waals surface area contributed by atoms with Gasteiger partial charge >= 0.3 is 0 Å². The lowest BCUT2D eigenvalue weighted by Crippen LogP contribution is -2.50. The minimum Gasteiger partial charge on any atom is -0.354 e. The summed E-state index contributed by atoms with van der Waals surface area (Å²) in [5.41, 5.74) is 2.05. The van der Waals surface area contributed by atoms with Crippen LogP contribution in [0.1, 0.15) is 12.5 Å². The summed E-state index contributed by atoms with van der Waals surface area (Å²) in [5.74, 6) is 0.676. The summed E-state index contributed by atoms with van der Waals surface area (Å²) in [7, 11) is 0. The van der Waals surface area contributed by atoms with Crippen molar-refractivity contribution in [3.63, 3.8) is 0 Å². The van der Waals surface area contributed by atoms with Crippen molar-refractivity contribution in [2.45, 2.75) is 13.3 Å². The molecule has 1 atom stereocenters. The maximum atomic E-state index is 12.0. The summed E-state index contributed by atoms with van der Waals surface area (Å²) >= 11 is 0. The smallest absolute Gasteiger partial charge is 0.231 e. The standard InChI is InChI=1S/C16H21N3O2/c1-11(13-9-17-10-13)16(21)18-6-7-19-14-5-3-2-4-12(14)8-15(19)20/h2-5,11,13,17H,6-10H2,1H3,(H,18,21). The van der Waals surface area contributed by atoms with E-state index >= 15 is 0 Å². The average Bonchev–Trinajstić information content (AvgIpc) is 2.73. The van der Waals surface area contributed by atoms with E-state index in [1.165, 1.54) is 0 Å². The molecule has 1 saturated heterocycles. The number of amides is 2. The van der Waals surface area contributed by atoms with E-state index in [0.717, 1.165) is 24.3 Å². The summed E-state index contributed by atoms with van der Waals surface area (Å²) in [6.07, 6.45) is 0.467. The molecule has 2 aliphatic heterocycles. The number of benzene rings is 1. The predicted molar refractivity (Wildman–Crippen MR) is 81.0 cm³/mol. The van der Waals surface area contributed by atoms with Crippen LogP contribution < -0.4 is 15.5 Å². The van der Waals surface area contributed by atoms with Crippen molar-refractivity contribution >= 4 is 17.5 Å². The van der Waals surface area contributed by atoms with Gasteiger partial charge in [-0.25, -0.2) is 0 Å². The molecule has 1 unspecified atom stereocenters. The van der Waals surface area contributed by atoms with Gasteiger partial charge < -0.3 is 15.5 Å². The van der Waals surface area contributed by atoms with Gasteiger partial charge in [-0.2, -0.15) is 0 Å². The Morgan fingerprint density at radius 3 is 2.90 bits per heavy atom. The van der Waals surface area contributed by atoms with Crippen molar-refractivity contribution in [1.82, 2.24) is 10.6 Å². The highest BCUT2D eigenvalue weighted by Gasteiger charge is 2.29. The maximum Gasteiger partial charge on any atom is 0.231 e. The summed E-state index contributed by atoms with van der Waals surface area (Å²) < 4.78 is 0. The lowest BCUT2D eigenvalue weighted by Gasteiger charge is -2.31. The van der Waals surface area contributed by atoms with Crippen LogP contribution in [0.15, 0.2) is 24.3 Å². The second kappa shape index (κ2) is 5.85. The van der Waals surface area contributed by atoms with Crippen molar-refractivity contribution in [3.05, 3.63) is 29.8 Å². The van der Waals surface area contributed by atoms with Gasteiger partial charge in [0.2, 0.25) is 11.8 Å². The zero-order valence-electron chi connectivity index (χ0n) is 12.3. The SMILES string of the molecule is CC(C(=O)NCCN1C(=O)Cc2ccccc21)C1CNC1. The Bertz CT molecular complexity index is 554. The molecule has 5 heteroatoms. The van der Waals surface area contributed by atoms with Crippen LogP contribution in [0.2, 0.25) is 0 Å². The zero-order chi connectivity index (χ0) is 14.8. The van der Waals surface area contributed by atoms with Crippen LogP contribution in [0.4, 0.5) is 5.69 Å². The number of anilines is 1. The van der Waals surface area contributed by atoms with Gasteiger partial charge in [-0.1, -0.05) is 25.1 Å². The zero-order valence-corrected chi connectivity index (χ0v) is 12.3. The van der Waals surface area contributed by atoms with Gasteiger partial charge in [-0.05, 0) is 30.6 Å². The first-order valence-corrected chi connectivity index (χ1v) is 7.53. The van der Waals surface area contributed by atoms with Crippen LogP contribution >= 0.6 is 0 Å². The Labute approximate surface area is 124 Å². The van der Waals surface area contributed by atoms with Gasteiger partial charge in [-0.3, -0.25) is 9.59 Å². The first-order chi connectivity index (χ1) is 10.2. The van der Waals surface area contributed by atoms with E-state index in [-0.39, 0.29) is 17.7 Å². The summed E-state index contributed by atoms with van der Waals surface area (Å²) in [6, 6.07) is 7.84. The minimum absolute atomic E-state index is 0.0350. The second-order valence-electron chi connectivity index (χ2n) is 5.85. The van der Waals surface area contributed by atoms with Crippen molar-refractivity contribution in [1.29, 1.82) is 0 Å². The quantitative estimate of drug-likeness (QED) is 0.831. The molecular weight excluding hydrogens is 266 g/mol. The molecule has 1 fully saturated rings. The lowest BCUT2D eigenvalue weighted by molar-refractivity contribution is -0.126. The Balaban J connectivity index is 1.51. The molecule has 1 aromatic rings. The largest absolute Gasteiger partial charge is 0.354 e. The number of nitrogens with one attached hydrogen (secondary N) is 2. The van der Waals surface area contributed by atoms with E-state index in [2.05, 4.69) is 10.6 Å². The van der Waals surface area contributed by atoms with Crippen molar-refractivity contribution in [2.75, 3.05) is 31.1 Å². The van der Waals surface area contributed by atoms with Gasteiger partial charge in [0.1, 0.15) is 0 Å². The Morgan fingerprint density at radius 1 is 1.43 bits per heavy atom. The molecule has 2 N–H and O–H groups in total. The number of rotatable bonds is 5. The van der Waals surface area contributed by atoms with Crippen LogP contribution in [-0.4, -0.2) is 38.0 Å². The number of hydrogen-bond acceptors (Lipinski definition) is 3. The molecular formula is C16H21N3O2. The van der Waals surface area contributed by atoms with Gasteiger partial charge in [0, 0.05) is 24.7 Å². The molecule has 1 aromatic carbocycles. The minimum atomic E-state index is 0.0350. The normalized spacial score (nSPS) is 19.1. The van der Waals surface area contributed by atoms with Gasteiger partial charge in [0.25, 0.3) is 0 Å². The lowest BCUT2D eigenvalue weighted by atomic mass is 9.88. The molecule has 2 amide bonds. The summed E-state index contributed by atoms with van der Waals surface area (Å²) in [4.78, 5) is 25.8. The molecule has 2 aliphatic rings. The van der Waals surface area contributed by atoms with E-state index in [0.29, 0.717) is 25.4 Å². The number of hydrogen-bond donors (Lipinski definition) is 2. The van der Waals surface area contributed by atoms with E-state index < -0.39 is 0 Å². The van der Waals surface area contributed by atoms with Gasteiger partial charge in [0.05, 0.1) is 6.42 Å². The van der Waals surface area contributed by atoms with Gasteiger partial charge in [-0.15, -0.1) is 0 Å². The molecule has 0 aromatic heterocycles. The maximum absolute atomic E-state index is 12.0. The van der Waals surface area contributed by atoms with Crippen molar-refractivity contribution in [3.8, 4) is 0 Å². The fraction of sp³-hybridized carbons (Fsp3) is 0.500. The molecule has 112 valence electrons. The molecule has 21 heavy (non-hydrogen) atoms. The highest BCUT2D eigenvalue weighted by Crippen LogP contribution is 2.27. The molecule has 0 aliphatic carbocycles. The van der Waals surface area contributed by atoms with E-state index in [1.54, 1.807) is 4.90 Å². The average molecular weight is 287 g/mol. The topological polar surface area (TPSA) is 61.4 Å². The Kier molecular flexibility index (Phi) is 3.92. The third-order valence-electron chi connectivity index (χ3n) is 4.49. The summed E-state index contributed by atoms with van der Waals surface area (Å²) in [5, 5.41) is 6.13. The van der Waals surface area contributed by atoms with Crippen LogP contribution in [0.25, 0.3) is 0 Å². The van der Waals surface area contributed by atoms with Gasteiger partial charge in [0.15, 0.2) is 0 Å². The second-order valence-corrected chi connectivity index (χ2v) is 5.85. The first kappa shape index (κ1) is 14.1. The highest BCUT2D eigenvalue weighted by molar-refractivity contribution is 6.01.